The fraction of sp³-hybridized carbons (Fsp3) is 0.0588. The fourth-order valence-corrected chi connectivity index (χ4v) is 2.01. The second-order valence-corrected chi connectivity index (χ2v) is 4.66. The summed E-state index contributed by atoms with van der Waals surface area (Å²) in [7, 11) is 0. The molecule has 0 atom stereocenters. The molecule has 0 spiro atoms. The molecule has 0 N–H and O–H groups in total. The highest BCUT2D eigenvalue weighted by atomic mass is 16.5. The van der Waals surface area contributed by atoms with Gasteiger partial charge in [0, 0.05) is 6.07 Å². The van der Waals surface area contributed by atoms with Crippen molar-refractivity contribution in [1.82, 2.24) is 0 Å². The first kappa shape index (κ1) is 14.6. The molecule has 23 heavy (non-hydrogen) atoms. The summed E-state index contributed by atoms with van der Waals surface area (Å²) in [5, 5.41) is 10.7. The Morgan fingerprint density at radius 2 is 1.87 bits per heavy atom. The van der Waals surface area contributed by atoms with E-state index < -0.39 is 12.6 Å². The Balaban J connectivity index is 1.92. The number of carboxylic acids is 1. The van der Waals surface area contributed by atoms with E-state index in [4.69, 9.17) is 13.9 Å². The van der Waals surface area contributed by atoms with Crippen LogP contribution in [-0.4, -0.2) is 12.6 Å². The van der Waals surface area contributed by atoms with Crippen molar-refractivity contribution >= 4 is 16.9 Å². The van der Waals surface area contributed by atoms with E-state index in [1.54, 1.807) is 24.3 Å². The van der Waals surface area contributed by atoms with Crippen molar-refractivity contribution in [2.45, 2.75) is 0 Å². The third-order valence-electron chi connectivity index (χ3n) is 3.04. The van der Waals surface area contributed by atoms with Crippen LogP contribution in [0.15, 0.2) is 64.0 Å². The van der Waals surface area contributed by atoms with Gasteiger partial charge in [0.15, 0.2) is 0 Å². The Kier molecular flexibility index (Phi) is 3.97. The van der Waals surface area contributed by atoms with Gasteiger partial charge in [0.2, 0.25) is 11.2 Å². The highest BCUT2D eigenvalue weighted by Gasteiger charge is 2.10. The van der Waals surface area contributed by atoms with E-state index in [0.717, 1.165) is 0 Å². The Labute approximate surface area is 130 Å². The van der Waals surface area contributed by atoms with Crippen LogP contribution in [0.3, 0.4) is 0 Å². The van der Waals surface area contributed by atoms with E-state index in [0.29, 0.717) is 11.1 Å². The first-order valence-electron chi connectivity index (χ1n) is 6.74. The van der Waals surface area contributed by atoms with Crippen LogP contribution in [-0.2, 0) is 4.79 Å². The van der Waals surface area contributed by atoms with Gasteiger partial charge in [-0.2, -0.15) is 0 Å². The number of benzene rings is 2. The quantitative estimate of drug-likeness (QED) is 0.712. The SMILES string of the molecule is O=C([O-])COc1ccc2c(=O)c(Oc3ccccc3)coc2c1. The molecule has 6 nitrogen and oxygen atoms in total. The first-order valence-corrected chi connectivity index (χ1v) is 6.74. The Hall–Kier alpha value is -3.28. The molecule has 6 heteroatoms. The van der Waals surface area contributed by atoms with Crippen LogP contribution in [0.5, 0.6) is 17.2 Å². The van der Waals surface area contributed by atoms with Crippen LogP contribution in [0.1, 0.15) is 0 Å². The molecule has 2 aromatic carbocycles. The lowest BCUT2D eigenvalue weighted by Gasteiger charge is -2.08. The molecule has 1 heterocycles. The molecule has 0 aliphatic carbocycles. The molecule has 3 aromatic rings. The zero-order valence-corrected chi connectivity index (χ0v) is 11.9. The van der Waals surface area contributed by atoms with Gasteiger partial charge in [-0.1, -0.05) is 18.2 Å². The Morgan fingerprint density at radius 1 is 1.09 bits per heavy atom. The van der Waals surface area contributed by atoms with Gasteiger partial charge >= 0.3 is 0 Å². The van der Waals surface area contributed by atoms with Gasteiger partial charge in [0.1, 0.15) is 30.0 Å². The maximum atomic E-state index is 12.4. The van der Waals surface area contributed by atoms with Crippen LogP contribution in [0.25, 0.3) is 11.0 Å². The third kappa shape index (κ3) is 3.32. The highest BCUT2D eigenvalue weighted by Crippen LogP contribution is 2.23. The lowest BCUT2D eigenvalue weighted by Crippen LogP contribution is -2.28. The summed E-state index contributed by atoms with van der Waals surface area (Å²) in [4.78, 5) is 22.8. The number of hydrogen-bond acceptors (Lipinski definition) is 6. The predicted molar refractivity (Wildman–Crippen MR) is 79.5 cm³/mol. The van der Waals surface area contributed by atoms with E-state index >= 15 is 0 Å². The molecule has 0 radical (unpaired) electrons. The zero-order chi connectivity index (χ0) is 16.2. The molecule has 0 amide bonds. The largest absolute Gasteiger partial charge is 0.546 e. The molecular weight excluding hydrogens is 300 g/mol. The second kappa shape index (κ2) is 6.23. The molecular formula is C17H11O6-. The molecule has 116 valence electrons. The minimum Gasteiger partial charge on any atom is -0.546 e. The standard InChI is InChI=1S/C17H12O6/c18-16(19)10-21-12-6-7-13-14(8-12)22-9-15(17(13)20)23-11-4-2-1-3-5-11/h1-9H,10H2,(H,18,19)/p-1. The van der Waals surface area contributed by atoms with Crippen molar-refractivity contribution in [3.63, 3.8) is 0 Å². The van der Waals surface area contributed by atoms with Gasteiger partial charge in [-0.15, -0.1) is 0 Å². The van der Waals surface area contributed by atoms with Crippen molar-refractivity contribution in [3.8, 4) is 17.2 Å². The number of carboxylic acid groups (broad SMARTS) is 1. The minimum atomic E-state index is -1.34. The monoisotopic (exact) mass is 311 g/mol. The van der Waals surface area contributed by atoms with Crippen LogP contribution >= 0.6 is 0 Å². The van der Waals surface area contributed by atoms with Crippen LogP contribution in [0.2, 0.25) is 0 Å². The Bertz CT molecular complexity index is 898. The summed E-state index contributed by atoms with van der Waals surface area (Å²) in [5.41, 5.74) is -0.0622. The molecule has 0 saturated carbocycles. The summed E-state index contributed by atoms with van der Waals surface area (Å²) in [6.07, 6.45) is 1.21. The summed E-state index contributed by atoms with van der Waals surface area (Å²) < 4.78 is 15.9. The fourth-order valence-electron chi connectivity index (χ4n) is 2.01. The van der Waals surface area contributed by atoms with Crippen molar-refractivity contribution in [2.75, 3.05) is 6.61 Å². The van der Waals surface area contributed by atoms with E-state index in [9.17, 15) is 14.7 Å². The third-order valence-corrected chi connectivity index (χ3v) is 3.04. The summed E-state index contributed by atoms with van der Waals surface area (Å²) in [5.74, 6) is -0.486. The predicted octanol–water partition coefficient (Wildman–Crippen LogP) is 1.71. The average molecular weight is 311 g/mol. The lowest BCUT2D eigenvalue weighted by atomic mass is 10.2. The van der Waals surface area contributed by atoms with Gasteiger partial charge in [0.05, 0.1) is 11.4 Å². The molecule has 0 fully saturated rings. The minimum absolute atomic E-state index is 0.0621. The molecule has 0 saturated heterocycles. The number of hydrogen-bond donors (Lipinski definition) is 0. The number of ether oxygens (including phenoxy) is 2. The zero-order valence-electron chi connectivity index (χ0n) is 11.9. The molecule has 3 rings (SSSR count). The maximum Gasteiger partial charge on any atom is 0.235 e. The van der Waals surface area contributed by atoms with Crippen molar-refractivity contribution in [2.24, 2.45) is 0 Å². The number of aliphatic carboxylic acids is 1. The van der Waals surface area contributed by atoms with Crippen molar-refractivity contribution in [1.29, 1.82) is 0 Å². The number of fused-ring (bicyclic) bond motifs is 1. The van der Waals surface area contributed by atoms with Gasteiger partial charge in [-0.05, 0) is 24.3 Å². The Morgan fingerprint density at radius 3 is 2.61 bits per heavy atom. The topological polar surface area (TPSA) is 88.8 Å². The number of carbonyl (C=O) groups excluding carboxylic acids is 1. The summed E-state index contributed by atoms with van der Waals surface area (Å²) in [6.45, 7) is -0.578. The van der Waals surface area contributed by atoms with Crippen LogP contribution < -0.4 is 20.0 Å². The van der Waals surface area contributed by atoms with Crippen LogP contribution in [0.4, 0.5) is 0 Å². The smallest absolute Gasteiger partial charge is 0.235 e. The number of carbonyl (C=O) groups is 1. The van der Waals surface area contributed by atoms with Crippen molar-refractivity contribution in [3.05, 3.63) is 65.0 Å². The number of rotatable bonds is 5. The van der Waals surface area contributed by atoms with E-state index in [-0.39, 0.29) is 22.5 Å². The molecule has 0 aliphatic rings. The molecule has 0 bridgehead atoms. The average Bonchev–Trinajstić information content (AvgIpc) is 2.56. The molecule has 0 aliphatic heterocycles. The summed E-state index contributed by atoms with van der Waals surface area (Å²) in [6, 6.07) is 13.3. The van der Waals surface area contributed by atoms with E-state index in [1.165, 1.54) is 24.5 Å². The summed E-state index contributed by atoms with van der Waals surface area (Å²) >= 11 is 0. The molecule has 0 unspecified atom stereocenters. The van der Waals surface area contributed by atoms with Crippen LogP contribution in [0, 0.1) is 0 Å². The number of para-hydroxylation sites is 1. The van der Waals surface area contributed by atoms with Gasteiger partial charge in [-0.25, -0.2) is 0 Å². The van der Waals surface area contributed by atoms with Gasteiger partial charge in [0.25, 0.3) is 0 Å². The van der Waals surface area contributed by atoms with Gasteiger partial charge < -0.3 is 23.8 Å². The second-order valence-electron chi connectivity index (χ2n) is 4.66. The van der Waals surface area contributed by atoms with Crippen molar-refractivity contribution < 1.29 is 23.8 Å². The highest BCUT2D eigenvalue weighted by molar-refractivity contribution is 5.79. The maximum absolute atomic E-state index is 12.4. The first-order chi connectivity index (χ1) is 11.1. The molecule has 1 aromatic heterocycles. The van der Waals surface area contributed by atoms with E-state index in [1.807, 2.05) is 6.07 Å². The van der Waals surface area contributed by atoms with Gasteiger partial charge in [-0.3, -0.25) is 4.79 Å². The lowest BCUT2D eigenvalue weighted by molar-refractivity contribution is -0.307. The van der Waals surface area contributed by atoms with E-state index in [2.05, 4.69) is 0 Å². The normalized spacial score (nSPS) is 10.4.